The molecule has 5 nitrogen and oxygen atoms in total. The molecule has 5 atom stereocenters. The summed E-state index contributed by atoms with van der Waals surface area (Å²) < 4.78 is 20.0. The number of hydrogen-bond acceptors (Lipinski definition) is 3. The van der Waals surface area contributed by atoms with Gasteiger partial charge in [0.05, 0.1) is 11.6 Å². The largest absolute Gasteiger partial charge is 0.490 e. The average Bonchev–Trinajstić information content (AvgIpc) is 3.12. The number of halogens is 1. The van der Waals surface area contributed by atoms with E-state index in [-0.39, 0.29) is 23.7 Å². The van der Waals surface area contributed by atoms with Crippen molar-refractivity contribution in [1.29, 1.82) is 0 Å². The van der Waals surface area contributed by atoms with Crippen LogP contribution in [0.4, 0.5) is 10.1 Å². The van der Waals surface area contributed by atoms with Gasteiger partial charge in [-0.05, 0) is 79.1 Å². The first-order valence-electron chi connectivity index (χ1n) is 11.2. The standard InChI is InChI=1S/C26H24FN3O2/c1-14(26(31)30-17-3-5-22-15(10-17)6-8-28-22)25-19-12-18(13-20(19)25)32-24-7-9-29-23-4-2-16(27)11-21(23)24/h2-11,14,18-20,25,28H,12-13H2,1H3,(H,30,31)/t14?,18-,19-,20+,25+. The Morgan fingerprint density at radius 3 is 2.84 bits per heavy atom. The number of rotatable bonds is 5. The van der Waals surface area contributed by atoms with Gasteiger partial charge in [-0.2, -0.15) is 0 Å². The lowest BCUT2D eigenvalue weighted by Crippen LogP contribution is -2.25. The van der Waals surface area contributed by atoms with Gasteiger partial charge in [0, 0.05) is 40.3 Å². The number of carbonyl (C=O) groups excluding carboxylic acids is 1. The van der Waals surface area contributed by atoms with Crippen molar-refractivity contribution in [2.75, 3.05) is 5.32 Å². The highest BCUT2D eigenvalue weighted by Gasteiger charge is 2.59. The molecule has 32 heavy (non-hydrogen) atoms. The van der Waals surface area contributed by atoms with Crippen LogP contribution in [0.15, 0.2) is 60.9 Å². The zero-order valence-corrected chi connectivity index (χ0v) is 17.7. The molecule has 0 aliphatic heterocycles. The molecule has 2 aliphatic rings. The number of aromatic amines is 1. The van der Waals surface area contributed by atoms with Crippen LogP contribution in [0.3, 0.4) is 0 Å². The van der Waals surface area contributed by atoms with Crippen LogP contribution in [0.2, 0.25) is 0 Å². The van der Waals surface area contributed by atoms with Crippen LogP contribution >= 0.6 is 0 Å². The van der Waals surface area contributed by atoms with E-state index in [9.17, 15) is 9.18 Å². The highest BCUT2D eigenvalue weighted by Crippen LogP contribution is 2.61. The Labute approximate surface area is 185 Å². The third kappa shape index (κ3) is 3.30. The first-order chi connectivity index (χ1) is 15.6. The molecule has 4 aromatic rings. The zero-order chi connectivity index (χ0) is 21.8. The van der Waals surface area contributed by atoms with Gasteiger partial charge in [-0.1, -0.05) is 6.92 Å². The van der Waals surface area contributed by atoms with E-state index in [2.05, 4.69) is 15.3 Å². The van der Waals surface area contributed by atoms with Crippen molar-refractivity contribution in [3.8, 4) is 5.75 Å². The van der Waals surface area contributed by atoms with Crippen molar-refractivity contribution >= 4 is 33.4 Å². The molecule has 1 unspecified atom stereocenters. The summed E-state index contributed by atoms with van der Waals surface area (Å²) in [5.41, 5.74) is 2.62. The molecular formula is C26H24FN3O2. The second kappa shape index (κ2) is 7.33. The predicted octanol–water partition coefficient (Wildman–Crippen LogP) is 5.53. The monoisotopic (exact) mass is 429 g/mol. The Kier molecular flexibility index (Phi) is 4.42. The Balaban J connectivity index is 1.08. The molecule has 0 saturated heterocycles. The first kappa shape index (κ1) is 19.3. The highest BCUT2D eigenvalue weighted by atomic mass is 19.1. The minimum absolute atomic E-state index is 0.0382. The highest BCUT2D eigenvalue weighted by molar-refractivity contribution is 5.95. The summed E-state index contributed by atoms with van der Waals surface area (Å²) in [4.78, 5) is 20.3. The van der Waals surface area contributed by atoms with E-state index in [0.29, 0.717) is 28.9 Å². The summed E-state index contributed by atoms with van der Waals surface area (Å²) >= 11 is 0. The summed E-state index contributed by atoms with van der Waals surface area (Å²) in [6.07, 6.45) is 5.56. The molecule has 162 valence electrons. The Hall–Kier alpha value is -3.41. The van der Waals surface area contributed by atoms with Crippen molar-refractivity contribution in [2.24, 2.45) is 23.7 Å². The van der Waals surface area contributed by atoms with Gasteiger partial charge < -0.3 is 15.0 Å². The topological polar surface area (TPSA) is 67.0 Å². The third-order valence-corrected chi connectivity index (χ3v) is 7.24. The lowest BCUT2D eigenvalue weighted by molar-refractivity contribution is -0.120. The molecule has 6 heteroatoms. The van der Waals surface area contributed by atoms with Gasteiger partial charge in [-0.25, -0.2) is 4.39 Å². The summed E-state index contributed by atoms with van der Waals surface area (Å²) in [7, 11) is 0. The normalized spacial score (nSPS) is 24.9. The Bertz CT molecular complexity index is 1320. The van der Waals surface area contributed by atoms with Gasteiger partial charge in [0.15, 0.2) is 0 Å². The number of benzene rings is 2. The van der Waals surface area contributed by atoms with Crippen LogP contribution in [0.25, 0.3) is 21.8 Å². The van der Waals surface area contributed by atoms with Gasteiger partial charge >= 0.3 is 0 Å². The number of hydrogen-bond donors (Lipinski definition) is 2. The van der Waals surface area contributed by atoms with Crippen molar-refractivity contribution in [1.82, 2.24) is 9.97 Å². The van der Waals surface area contributed by atoms with E-state index in [0.717, 1.165) is 34.9 Å². The lowest BCUT2D eigenvalue weighted by atomic mass is 9.97. The molecule has 2 N–H and O–H groups in total. The van der Waals surface area contributed by atoms with Crippen LogP contribution in [-0.2, 0) is 4.79 Å². The number of anilines is 1. The fraction of sp³-hybridized carbons (Fsp3) is 0.308. The van der Waals surface area contributed by atoms with E-state index < -0.39 is 0 Å². The predicted molar refractivity (Wildman–Crippen MR) is 122 cm³/mol. The van der Waals surface area contributed by atoms with Gasteiger partial charge in [0.25, 0.3) is 0 Å². The van der Waals surface area contributed by atoms with Gasteiger partial charge in [0.2, 0.25) is 5.91 Å². The summed E-state index contributed by atoms with van der Waals surface area (Å²) in [5, 5.41) is 4.87. The minimum Gasteiger partial charge on any atom is -0.490 e. The molecule has 2 aliphatic carbocycles. The number of pyridine rings is 1. The van der Waals surface area contributed by atoms with E-state index in [1.165, 1.54) is 12.1 Å². The molecule has 0 spiro atoms. The maximum atomic E-state index is 13.7. The minimum atomic E-state index is -0.292. The van der Waals surface area contributed by atoms with Crippen LogP contribution in [0.1, 0.15) is 19.8 Å². The number of amides is 1. The molecule has 2 fully saturated rings. The Morgan fingerprint density at radius 1 is 1.16 bits per heavy atom. The molecule has 2 saturated carbocycles. The van der Waals surface area contributed by atoms with E-state index >= 15 is 0 Å². The molecule has 1 amide bonds. The molecule has 6 rings (SSSR count). The Morgan fingerprint density at radius 2 is 2.00 bits per heavy atom. The SMILES string of the molecule is CC(C(=O)Nc1ccc2[nH]ccc2c1)[C@H]1[C@@H]2C[C@@H](Oc3ccnc4ccc(F)cc34)C[C@@H]21. The van der Waals surface area contributed by atoms with E-state index in [4.69, 9.17) is 4.74 Å². The van der Waals surface area contributed by atoms with Crippen LogP contribution < -0.4 is 10.1 Å². The van der Waals surface area contributed by atoms with Crippen molar-refractivity contribution in [3.05, 3.63) is 66.7 Å². The summed E-state index contributed by atoms with van der Waals surface area (Å²) in [6.45, 7) is 2.03. The fourth-order valence-corrected chi connectivity index (χ4v) is 5.62. The second-order valence-corrected chi connectivity index (χ2v) is 9.14. The average molecular weight is 429 g/mol. The number of nitrogens with one attached hydrogen (secondary N) is 2. The molecule has 2 heterocycles. The maximum Gasteiger partial charge on any atom is 0.227 e. The van der Waals surface area contributed by atoms with Crippen LogP contribution in [-0.4, -0.2) is 22.0 Å². The second-order valence-electron chi connectivity index (χ2n) is 9.14. The van der Waals surface area contributed by atoms with Crippen LogP contribution in [0, 0.1) is 29.5 Å². The van der Waals surface area contributed by atoms with Crippen molar-refractivity contribution in [3.63, 3.8) is 0 Å². The molecule has 2 aromatic heterocycles. The third-order valence-electron chi connectivity index (χ3n) is 7.24. The number of ether oxygens (including phenoxy) is 1. The zero-order valence-electron chi connectivity index (χ0n) is 17.7. The molecular weight excluding hydrogens is 405 g/mol. The van der Waals surface area contributed by atoms with Gasteiger partial charge in [-0.3, -0.25) is 9.78 Å². The number of H-pyrrole nitrogens is 1. The fourth-order valence-electron chi connectivity index (χ4n) is 5.62. The molecule has 0 bridgehead atoms. The van der Waals surface area contributed by atoms with Gasteiger partial charge in [-0.15, -0.1) is 0 Å². The maximum absolute atomic E-state index is 13.7. The number of fused-ring (bicyclic) bond motifs is 3. The quantitative estimate of drug-likeness (QED) is 0.438. The molecule has 2 aromatic carbocycles. The van der Waals surface area contributed by atoms with Gasteiger partial charge in [0.1, 0.15) is 11.6 Å². The molecule has 0 radical (unpaired) electrons. The summed E-state index contributed by atoms with van der Waals surface area (Å²) in [5.74, 6) is 1.85. The lowest BCUT2D eigenvalue weighted by Gasteiger charge is -2.20. The smallest absolute Gasteiger partial charge is 0.227 e. The first-order valence-corrected chi connectivity index (χ1v) is 11.2. The number of nitrogens with zero attached hydrogens (tertiary/aromatic N) is 1. The number of aromatic nitrogens is 2. The summed E-state index contributed by atoms with van der Waals surface area (Å²) in [6, 6.07) is 14.3. The van der Waals surface area contributed by atoms with Crippen LogP contribution in [0.5, 0.6) is 5.75 Å². The van der Waals surface area contributed by atoms with E-state index in [1.54, 1.807) is 18.3 Å². The van der Waals surface area contributed by atoms with E-state index in [1.807, 2.05) is 37.4 Å². The van der Waals surface area contributed by atoms with Crippen molar-refractivity contribution < 1.29 is 13.9 Å². The number of carbonyl (C=O) groups is 1. The van der Waals surface area contributed by atoms with Crippen molar-refractivity contribution in [2.45, 2.75) is 25.9 Å².